The van der Waals surface area contributed by atoms with E-state index in [1.165, 1.54) is 6.92 Å². The summed E-state index contributed by atoms with van der Waals surface area (Å²) in [5.74, 6) is -1.41. The second-order valence-electron chi connectivity index (χ2n) is 8.15. The summed E-state index contributed by atoms with van der Waals surface area (Å²) in [7, 11) is 1.11. The number of aliphatic carboxylic acids is 1. The number of carbonyl (C=O) groups is 2. The fourth-order valence-corrected chi connectivity index (χ4v) is 3.29. The normalized spacial score (nSPS) is 11.8. The molecule has 226 valence electrons. The number of hydrogen-bond donors (Lipinski definition) is 1. The van der Waals surface area contributed by atoms with Gasteiger partial charge in [0.1, 0.15) is 0 Å². The van der Waals surface area contributed by atoms with Gasteiger partial charge in [-0.05, 0) is 54.3 Å². The van der Waals surface area contributed by atoms with Crippen LogP contribution < -0.4 is 0 Å². The number of alkyl halides is 6. The number of methoxy groups -OCH3 is 1. The number of carboxylic acid groups (broad SMARTS) is 1. The third-order valence-electron chi connectivity index (χ3n) is 5.18. The van der Waals surface area contributed by atoms with Crippen LogP contribution in [0.4, 0.5) is 31.1 Å². The molecule has 41 heavy (non-hydrogen) atoms. The predicted octanol–water partition coefficient (Wildman–Crippen LogP) is 8.93. The third kappa shape index (κ3) is 13.7. The second kappa shape index (κ2) is 17.6. The molecule has 0 aliphatic rings. The van der Waals surface area contributed by atoms with E-state index < -0.39 is 42.0 Å². The molecule has 0 aromatic heterocycles. The molecular formula is C30H35F6NO4. The van der Waals surface area contributed by atoms with E-state index in [-0.39, 0.29) is 35.4 Å². The molecule has 11 heteroatoms. The highest BCUT2D eigenvalue weighted by molar-refractivity contribution is 5.76. The Kier molecular flexibility index (Phi) is 15.9. The zero-order valence-electron chi connectivity index (χ0n) is 23.6. The number of halogens is 6. The second-order valence-corrected chi connectivity index (χ2v) is 8.15. The average molecular weight is 588 g/mol. The number of benzene rings is 2. The number of rotatable bonds is 8. The van der Waals surface area contributed by atoms with Gasteiger partial charge in [-0.25, -0.2) is 4.79 Å². The van der Waals surface area contributed by atoms with Gasteiger partial charge in [-0.2, -0.15) is 26.3 Å². The quantitative estimate of drug-likeness (QED) is 0.247. The molecule has 2 rings (SSSR count). The van der Waals surface area contributed by atoms with Crippen molar-refractivity contribution in [1.82, 2.24) is 4.90 Å². The van der Waals surface area contributed by atoms with Crippen LogP contribution in [-0.2, 0) is 22.3 Å². The summed E-state index contributed by atoms with van der Waals surface area (Å²) in [6.07, 6.45) is -9.32. The summed E-state index contributed by atoms with van der Waals surface area (Å²) in [6.45, 7) is 9.71. The number of allylic oxidation sites excluding steroid dienone is 4. The van der Waals surface area contributed by atoms with Gasteiger partial charge in [-0.3, -0.25) is 4.79 Å². The maximum atomic E-state index is 13.2. The molecule has 0 aliphatic carbocycles. The van der Waals surface area contributed by atoms with Crippen LogP contribution >= 0.6 is 0 Å². The number of amides is 1. The predicted molar refractivity (Wildman–Crippen MR) is 147 cm³/mol. The van der Waals surface area contributed by atoms with Gasteiger partial charge < -0.3 is 14.7 Å². The van der Waals surface area contributed by atoms with Gasteiger partial charge in [-0.1, -0.05) is 69.0 Å². The maximum absolute atomic E-state index is 13.2. The lowest BCUT2D eigenvalue weighted by molar-refractivity contribution is -0.138. The van der Waals surface area contributed by atoms with E-state index in [9.17, 15) is 35.9 Å². The molecule has 0 saturated heterocycles. The van der Waals surface area contributed by atoms with Crippen LogP contribution in [0.5, 0.6) is 0 Å². The van der Waals surface area contributed by atoms with Gasteiger partial charge in [-0.15, -0.1) is 0 Å². The Morgan fingerprint density at radius 3 is 1.88 bits per heavy atom. The molecule has 0 radical (unpaired) electrons. The van der Waals surface area contributed by atoms with Crippen molar-refractivity contribution in [1.29, 1.82) is 0 Å². The number of hydrogen-bond acceptors (Lipinski definition) is 3. The van der Waals surface area contributed by atoms with Crippen molar-refractivity contribution in [2.24, 2.45) is 0 Å². The number of nitrogens with zero attached hydrogens (tertiary/aromatic N) is 1. The van der Waals surface area contributed by atoms with E-state index in [0.717, 1.165) is 36.3 Å². The number of ether oxygens (including phenoxy) is 1. The van der Waals surface area contributed by atoms with Gasteiger partial charge in [0.25, 0.3) is 0 Å². The highest BCUT2D eigenvalue weighted by atomic mass is 19.4. The molecule has 2 aromatic carbocycles. The Labute approximate surface area is 236 Å². The zero-order valence-corrected chi connectivity index (χ0v) is 23.6. The molecule has 0 heterocycles. The fourth-order valence-electron chi connectivity index (χ4n) is 3.29. The Bertz CT molecular complexity index is 1160. The first kappa shape index (κ1) is 37.0. The van der Waals surface area contributed by atoms with E-state index in [4.69, 9.17) is 5.11 Å². The topological polar surface area (TPSA) is 66.8 Å². The molecule has 5 nitrogen and oxygen atoms in total. The van der Waals surface area contributed by atoms with Gasteiger partial charge in [0.05, 0.1) is 19.1 Å². The SMILES string of the molecule is C=C(/C=C(\C=C(/C)c1ccc(C(F)(F)F)cc1CN(CC)C(=O)OC)CC(=O)O)C(F)(F)F.CC.c1ccccc1. The lowest BCUT2D eigenvalue weighted by atomic mass is 9.95. The molecule has 0 spiro atoms. The maximum Gasteiger partial charge on any atom is 0.416 e. The molecule has 0 unspecified atom stereocenters. The lowest BCUT2D eigenvalue weighted by Crippen LogP contribution is -2.30. The van der Waals surface area contributed by atoms with E-state index >= 15 is 0 Å². The lowest BCUT2D eigenvalue weighted by Gasteiger charge is -2.22. The van der Waals surface area contributed by atoms with Crippen LogP contribution in [0.1, 0.15) is 50.8 Å². The molecule has 0 fully saturated rings. The Morgan fingerprint density at radius 1 is 0.976 bits per heavy atom. The minimum atomic E-state index is -4.78. The number of carboxylic acids is 1. The molecule has 0 saturated carbocycles. The van der Waals surface area contributed by atoms with Crippen LogP contribution in [0.25, 0.3) is 5.57 Å². The summed E-state index contributed by atoms with van der Waals surface area (Å²) in [6, 6.07) is 14.7. The van der Waals surface area contributed by atoms with Crippen molar-refractivity contribution < 1.29 is 45.8 Å². The standard InChI is InChI=1S/C22H23F6NO4.C6H6.C2H6/c1-5-29(20(32)33-4)12-16-11-17(22(26,27)28)6-7-18(16)13(2)8-15(10-19(30)31)9-14(3)21(23,24)25;1-2-4-6-5-3-1;1-2/h6-9,11H,3,5,10,12H2,1-2,4H3,(H,30,31);1-6H;1-2H3/b13-8+,15-9+;;. The smallest absolute Gasteiger partial charge is 0.416 e. The van der Waals surface area contributed by atoms with E-state index in [0.29, 0.717) is 6.08 Å². The Balaban J connectivity index is 0.00000173. The third-order valence-corrected chi connectivity index (χ3v) is 5.18. The van der Waals surface area contributed by atoms with Crippen molar-refractivity contribution in [3.05, 3.63) is 101 Å². The van der Waals surface area contributed by atoms with Crippen LogP contribution in [0, 0.1) is 0 Å². The van der Waals surface area contributed by atoms with Crippen LogP contribution in [0.3, 0.4) is 0 Å². The van der Waals surface area contributed by atoms with Crippen molar-refractivity contribution in [3.63, 3.8) is 0 Å². The molecule has 0 bridgehead atoms. The molecule has 1 amide bonds. The summed E-state index contributed by atoms with van der Waals surface area (Å²) in [5.41, 5.74) is -2.08. The summed E-state index contributed by atoms with van der Waals surface area (Å²) in [5, 5.41) is 9.04. The minimum Gasteiger partial charge on any atom is -0.481 e. The zero-order chi connectivity index (χ0) is 31.8. The van der Waals surface area contributed by atoms with Crippen molar-refractivity contribution >= 4 is 17.6 Å². The van der Waals surface area contributed by atoms with Gasteiger partial charge in [0.2, 0.25) is 0 Å². The highest BCUT2D eigenvalue weighted by Crippen LogP contribution is 2.33. The summed E-state index contributed by atoms with van der Waals surface area (Å²) < 4.78 is 82.9. The van der Waals surface area contributed by atoms with Gasteiger partial charge in [0, 0.05) is 18.7 Å². The van der Waals surface area contributed by atoms with E-state index in [1.807, 2.05) is 50.2 Å². The van der Waals surface area contributed by atoms with Crippen molar-refractivity contribution in [2.45, 2.75) is 53.0 Å². The Hall–Kier alpha value is -4.02. The van der Waals surface area contributed by atoms with Crippen LogP contribution in [-0.4, -0.2) is 41.9 Å². The van der Waals surface area contributed by atoms with E-state index in [1.54, 1.807) is 6.92 Å². The first-order chi connectivity index (χ1) is 19.1. The highest BCUT2D eigenvalue weighted by Gasteiger charge is 2.32. The number of carbonyl (C=O) groups excluding carboxylic acids is 1. The van der Waals surface area contributed by atoms with Crippen molar-refractivity contribution in [3.8, 4) is 0 Å². The largest absolute Gasteiger partial charge is 0.481 e. The monoisotopic (exact) mass is 587 g/mol. The summed E-state index contributed by atoms with van der Waals surface area (Å²) in [4.78, 5) is 24.1. The molecule has 0 atom stereocenters. The first-order valence-electron chi connectivity index (χ1n) is 12.5. The van der Waals surface area contributed by atoms with Crippen LogP contribution in [0.2, 0.25) is 0 Å². The Morgan fingerprint density at radius 2 is 1.49 bits per heavy atom. The van der Waals surface area contributed by atoms with Crippen LogP contribution in [0.15, 0.2) is 84.5 Å². The fraction of sp³-hybridized carbons (Fsp3) is 0.333. The molecule has 1 N–H and O–H groups in total. The van der Waals surface area contributed by atoms with Gasteiger partial charge >= 0.3 is 24.4 Å². The molecule has 0 aliphatic heterocycles. The average Bonchev–Trinajstić information content (AvgIpc) is 2.92. The molecular weight excluding hydrogens is 552 g/mol. The van der Waals surface area contributed by atoms with Gasteiger partial charge in [0.15, 0.2) is 0 Å². The first-order valence-corrected chi connectivity index (χ1v) is 12.5. The summed E-state index contributed by atoms with van der Waals surface area (Å²) >= 11 is 0. The minimum absolute atomic E-state index is 0.0511. The van der Waals surface area contributed by atoms with E-state index in [2.05, 4.69) is 11.3 Å². The molecule has 2 aromatic rings. The van der Waals surface area contributed by atoms with Crippen molar-refractivity contribution in [2.75, 3.05) is 13.7 Å².